The number of methoxy groups -OCH3 is 1. The number of allylic oxidation sites excluding steroid dienone is 4. The summed E-state index contributed by atoms with van der Waals surface area (Å²) in [6, 6.07) is 13.3. The number of nitro groups is 2. The number of hydrogen-bond donors (Lipinski definition) is 1. The Hall–Kier alpha value is -5.16. The highest BCUT2D eigenvalue weighted by Gasteiger charge is 2.53. The normalized spacial score (nSPS) is 18.9. The van der Waals surface area contributed by atoms with Gasteiger partial charge in [-0.25, -0.2) is 9.59 Å². The SMILES string of the molecule is C=C(C)C=CC1C(OC(=O)c2ccc([N+](=O)[O-])cc2)=C(CC(=Cc2ccccc2)C(=O)O)C=CC1(OC)[N+](=O)[O-]. The molecule has 1 N–H and O–H groups in total. The van der Waals surface area contributed by atoms with Crippen molar-refractivity contribution < 1.29 is 34.0 Å². The monoisotopic (exact) mass is 546 g/mol. The average Bonchev–Trinajstić information content (AvgIpc) is 2.92. The molecular weight excluding hydrogens is 520 g/mol. The number of rotatable bonds is 11. The number of carboxylic acid groups (broad SMARTS) is 1. The standard InChI is InChI=1S/C29H26N2O9/c1-19(2)9-14-25-26(40-28(34)21-10-12-24(13-11-21)30(35)36)22(15-16-29(25,39-3)31(37)38)18-23(27(32)33)17-20-7-5-4-6-8-20/h4-17,25H,1,18H2,2-3H3,(H,32,33). The number of hydrogen-bond acceptors (Lipinski definition) is 8. The van der Waals surface area contributed by atoms with E-state index in [4.69, 9.17) is 9.47 Å². The average molecular weight is 547 g/mol. The molecule has 0 aliphatic heterocycles. The van der Waals surface area contributed by atoms with Gasteiger partial charge in [0.05, 0.1) is 15.4 Å². The Morgan fingerprint density at radius 3 is 2.27 bits per heavy atom. The van der Waals surface area contributed by atoms with Crippen LogP contribution in [-0.2, 0) is 14.3 Å². The molecule has 0 heterocycles. The fourth-order valence-corrected chi connectivity index (χ4v) is 4.02. The Balaban J connectivity index is 2.18. The maximum atomic E-state index is 13.2. The van der Waals surface area contributed by atoms with E-state index < -0.39 is 33.4 Å². The van der Waals surface area contributed by atoms with Crippen LogP contribution in [0.4, 0.5) is 5.69 Å². The summed E-state index contributed by atoms with van der Waals surface area (Å²) < 4.78 is 11.1. The number of aliphatic carboxylic acids is 1. The molecule has 11 heteroatoms. The lowest BCUT2D eigenvalue weighted by Gasteiger charge is -2.32. The van der Waals surface area contributed by atoms with E-state index in [-0.39, 0.29) is 34.6 Å². The Labute approximate surface area is 229 Å². The second kappa shape index (κ2) is 12.6. The zero-order chi connectivity index (χ0) is 29.4. The molecule has 0 aromatic heterocycles. The third-order valence-corrected chi connectivity index (χ3v) is 6.07. The second-order valence-electron chi connectivity index (χ2n) is 8.87. The molecule has 206 valence electrons. The van der Waals surface area contributed by atoms with Gasteiger partial charge in [-0.2, -0.15) is 0 Å². The van der Waals surface area contributed by atoms with Crippen LogP contribution in [0.15, 0.2) is 108 Å². The van der Waals surface area contributed by atoms with Gasteiger partial charge in [-0.15, -0.1) is 0 Å². The Bertz CT molecular complexity index is 1450. The lowest BCUT2D eigenvalue weighted by atomic mass is 9.83. The Morgan fingerprint density at radius 1 is 1.10 bits per heavy atom. The summed E-state index contributed by atoms with van der Waals surface area (Å²) in [5.74, 6) is -3.71. The van der Waals surface area contributed by atoms with E-state index in [0.29, 0.717) is 11.1 Å². The van der Waals surface area contributed by atoms with Crippen LogP contribution in [0.25, 0.3) is 6.08 Å². The van der Waals surface area contributed by atoms with E-state index >= 15 is 0 Å². The summed E-state index contributed by atoms with van der Waals surface area (Å²) in [5, 5.41) is 33.2. The highest BCUT2D eigenvalue weighted by molar-refractivity contribution is 5.93. The van der Waals surface area contributed by atoms with Crippen molar-refractivity contribution in [1.82, 2.24) is 0 Å². The summed E-state index contributed by atoms with van der Waals surface area (Å²) in [4.78, 5) is 47.3. The molecule has 0 spiro atoms. The molecule has 2 atom stereocenters. The fourth-order valence-electron chi connectivity index (χ4n) is 4.02. The van der Waals surface area contributed by atoms with Gasteiger partial charge in [-0.1, -0.05) is 54.6 Å². The first-order valence-electron chi connectivity index (χ1n) is 11.9. The summed E-state index contributed by atoms with van der Waals surface area (Å²) in [6.45, 7) is 5.43. The van der Waals surface area contributed by atoms with Crippen molar-refractivity contribution >= 4 is 23.7 Å². The van der Waals surface area contributed by atoms with E-state index in [2.05, 4.69) is 6.58 Å². The molecule has 2 unspecified atom stereocenters. The molecule has 0 bridgehead atoms. The van der Waals surface area contributed by atoms with Gasteiger partial charge in [0.1, 0.15) is 11.7 Å². The third kappa shape index (κ3) is 6.63. The molecule has 2 aromatic rings. The quantitative estimate of drug-likeness (QED) is 0.0958. The number of non-ortho nitro benzene ring substituents is 1. The van der Waals surface area contributed by atoms with E-state index in [9.17, 15) is 34.9 Å². The highest BCUT2D eigenvalue weighted by Crippen LogP contribution is 2.40. The molecule has 0 saturated carbocycles. The molecule has 0 saturated heterocycles. The number of ether oxygens (including phenoxy) is 2. The predicted octanol–water partition coefficient (Wildman–Crippen LogP) is 5.50. The van der Waals surface area contributed by atoms with Crippen LogP contribution < -0.4 is 0 Å². The minimum absolute atomic E-state index is 0.0583. The number of esters is 1. The largest absolute Gasteiger partial charge is 0.478 e. The first-order valence-corrected chi connectivity index (χ1v) is 11.9. The molecule has 40 heavy (non-hydrogen) atoms. The lowest BCUT2D eigenvalue weighted by molar-refractivity contribution is -0.618. The van der Waals surface area contributed by atoms with E-state index in [1.54, 1.807) is 37.3 Å². The summed E-state index contributed by atoms with van der Waals surface area (Å²) >= 11 is 0. The van der Waals surface area contributed by atoms with Crippen LogP contribution in [-0.4, -0.2) is 39.7 Å². The number of nitro benzene ring substituents is 1. The third-order valence-electron chi connectivity index (χ3n) is 6.07. The van der Waals surface area contributed by atoms with Crippen LogP contribution in [0.3, 0.4) is 0 Å². The van der Waals surface area contributed by atoms with Gasteiger partial charge in [0.25, 0.3) is 5.69 Å². The van der Waals surface area contributed by atoms with Crippen molar-refractivity contribution in [3.63, 3.8) is 0 Å². The molecular formula is C29H26N2O9. The summed E-state index contributed by atoms with van der Waals surface area (Å²) in [5.41, 5.74) is -1.22. The van der Waals surface area contributed by atoms with Crippen molar-refractivity contribution in [2.45, 2.75) is 19.1 Å². The van der Waals surface area contributed by atoms with Crippen molar-refractivity contribution in [3.05, 3.63) is 139 Å². The number of nitrogens with zero attached hydrogens (tertiary/aromatic N) is 2. The van der Waals surface area contributed by atoms with E-state index in [1.165, 1.54) is 42.5 Å². The van der Waals surface area contributed by atoms with Crippen LogP contribution in [0, 0.1) is 26.1 Å². The van der Waals surface area contributed by atoms with Crippen LogP contribution >= 0.6 is 0 Å². The molecule has 2 aromatic carbocycles. The van der Waals surface area contributed by atoms with Gasteiger partial charge in [-0.05, 0) is 42.3 Å². The van der Waals surface area contributed by atoms with Crippen LogP contribution in [0.5, 0.6) is 0 Å². The minimum atomic E-state index is -2.19. The second-order valence-corrected chi connectivity index (χ2v) is 8.87. The van der Waals surface area contributed by atoms with Gasteiger partial charge >= 0.3 is 17.7 Å². The van der Waals surface area contributed by atoms with E-state index in [1.807, 2.05) is 0 Å². The Morgan fingerprint density at radius 2 is 1.75 bits per heavy atom. The van der Waals surface area contributed by atoms with Gasteiger partial charge in [0.15, 0.2) is 0 Å². The van der Waals surface area contributed by atoms with Gasteiger partial charge in [-0.3, -0.25) is 20.2 Å². The van der Waals surface area contributed by atoms with Crippen LogP contribution in [0.2, 0.25) is 0 Å². The molecule has 11 nitrogen and oxygen atoms in total. The first kappa shape index (κ1) is 29.4. The molecule has 0 amide bonds. The molecule has 0 radical (unpaired) electrons. The van der Waals surface area contributed by atoms with Crippen molar-refractivity contribution in [1.29, 1.82) is 0 Å². The number of benzene rings is 2. The first-order chi connectivity index (χ1) is 19.0. The molecule has 3 rings (SSSR count). The number of carboxylic acids is 1. The molecule has 0 fully saturated rings. The molecule has 1 aliphatic carbocycles. The van der Waals surface area contributed by atoms with Gasteiger partial charge in [0, 0.05) is 37.3 Å². The van der Waals surface area contributed by atoms with Crippen molar-refractivity contribution in [3.8, 4) is 0 Å². The summed E-state index contributed by atoms with van der Waals surface area (Å²) in [6.07, 6.45) is 6.58. The maximum Gasteiger partial charge on any atom is 0.357 e. The minimum Gasteiger partial charge on any atom is -0.478 e. The zero-order valence-corrected chi connectivity index (χ0v) is 21.7. The smallest absolute Gasteiger partial charge is 0.357 e. The predicted molar refractivity (Wildman–Crippen MR) is 146 cm³/mol. The number of carbonyl (C=O) groups is 2. The Kier molecular flexibility index (Phi) is 9.25. The zero-order valence-electron chi connectivity index (χ0n) is 21.7. The van der Waals surface area contributed by atoms with Crippen molar-refractivity contribution in [2.75, 3.05) is 7.11 Å². The van der Waals surface area contributed by atoms with Crippen molar-refractivity contribution in [2.24, 2.45) is 5.92 Å². The number of carbonyl (C=O) groups excluding carboxylic acids is 1. The topological polar surface area (TPSA) is 159 Å². The van der Waals surface area contributed by atoms with Gasteiger partial charge < -0.3 is 14.6 Å². The molecule has 1 aliphatic rings. The lowest BCUT2D eigenvalue weighted by Crippen LogP contribution is -2.48. The van der Waals surface area contributed by atoms with Gasteiger partial charge in [0.2, 0.25) is 0 Å². The van der Waals surface area contributed by atoms with Crippen LogP contribution in [0.1, 0.15) is 29.3 Å². The fraction of sp³-hybridized carbons (Fsp3) is 0.172. The maximum absolute atomic E-state index is 13.2. The summed E-state index contributed by atoms with van der Waals surface area (Å²) in [7, 11) is 1.13. The van der Waals surface area contributed by atoms with E-state index in [0.717, 1.165) is 19.2 Å². The highest BCUT2D eigenvalue weighted by atomic mass is 16.7.